The lowest BCUT2D eigenvalue weighted by atomic mass is 10.00. The van der Waals surface area contributed by atoms with Gasteiger partial charge in [0.15, 0.2) is 0 Å². The summed E-state index contributed by atoms with van der Waals surface area (Å²) in [6, 6.07) is 0. The number of amides is 1. The number of allylic oxidation sites excluding steroid dienone is 4. The Hall–Kier alpha value is -1.69. The molecule has 1 amide bonds. The van der Waals surface area contributed by atoms with Gasteiger partial charge in [-0.1, -0.05) is 30.9 Å². The maximum absolute atomic E-state index is 12.2. The van der Waals surface area contributed by atoms with Crippen LogP contribution >= 0.6 is 11.8 Å². The molecule has 6 heteroatoms. The Bertz CT molecular complexity index is 540. The van der Waals surface area contributed by atoms with Crippen molar-refractivity contribution in [1.29, 1.82) is 0 Å². The van der Waals surface area contributed by atoms with E-state index in [1.807, 2.05) is 45.9 Å². The van der Waals surface area contributed by atoms with Crippen molar-refractivity contribution in [2.45, 2.75) is 38.0 Å². The van der Waals surface area contributed by atoms with Crippen LogP contribution in [0, 0.1) is 0 Å². The van der Waals surface area contributed by atoms with Gasteiger partial charge in [-0.2, -0.15) is 0 Å². The molecule has 1 saturated heterocycles. The van der Waals surface area contributed by atoms with E-state index in [1.165, 1.54) is 23.8 Å². The van der Waals surface area contributed by atoms with Crippen molar-refractivity contribution in [3.8, 4) is 0 Å². The first kappa shape index (κ1) is 20.4. The smallest absolute Gasteiger partial charge is 0.410 e. The molecule has 0 spiro atoms. The Morgan fingerprint density at radius 3 is 2.42 bits per heavy atom. The molecule has 1 fully saturated rings. The normalized spacial score (nSPS) is 17.4. The summed E-state index contributed by atoms with van der Waals surface area (Å²) < 4.78 is 9.54. The highest BCUT2D eigenvalue weighted by molar-refractivity contribution is 8.01. The summed E-state index contributed by atoms with van der Waals surface area (Å²) in [7, 11) is 1.37. The molecule has 0 aromatic rings. The van der Waals surface area contributed by atoms with Crippen LogP contribution in [0.5, 0.6) is 0 Å². The number of hydrogen-bond acceptors (Lipinski definition) is 5. The lowest BCUT2D eigenvalue weighted by Gasteiger charge is -2.47. The molecule has 1 aliphatic heterocycles. The largest absolute Gasteiger partial charge is 0.468 e. The van der Waals surface area contributed by atoms with Crippen LogP contribution in [0.25, 0.3) is 0 Å². The van der Waals surface area contributed by atoms with Gasteiger partial charge in [-0.05, 0) is 33.3 Å². The second-order valence-electron chi connectivity index (χ2n) is 6.59. The van der Waals surface area contributed by atoms with Crippen molar-refractivity contribution in [2.75, 3.05) is 26.0 Å². The maximum atomic E-state index is 12.2. The third-order valence-corrected chi connectivity index (χ3v) is 4.78. The fourth-order valence-electron chi connectivity index (χ4n) is 2.23. The fraction of sp³-hybridized carbons (Fsp3) is 0.556. The monoisotopic (exact) mass is 353 g/mol. The van der Waals surface area contributed by atoms with Gasteiger partial charge < -0.3 is 14.4 Å². The third kappa shape index (κ3) is 5.44. The van der Waals surface area contributed by atoms with E-state index in [9.17, 15) is 9.59 Å². The summed E-state index contributed by atoms with van der Waals surface area (Å²) in [4.78, 5) is 25.8. The summed E-state index contributed by atoms with van der Waals surface area (Å²) in [5, 5.41) is 0. The number of rotatable bonds is 6. The first-order valence-corrected chi connectivity index (χ1v) is 8.80. The van der Waals surface area contributed by atoms with Crippen molar-refractivity contribution in [3.05, 3.63) is 36.5 Å². The van der Waals surface area contributed by atoms with E-state index in [2.05, 4.69) is 6.58 Å². The number of ether oxygens (including phenoxy) is 2. The Morgan fingerprint density at radius 1 is 1.33 bits per heavy atom. The minimum absolute atomic E-state index is 0.288. The molecular formula is C18H27NO4S. The van der Waals surface area contributed by atoms with Crippen molar-refractivity contribution in [2.24, 2.45) is 0 Å². The predicted molar refractivity (Wildman–Crippen MR) is 98.1 cm³/mol. The number of esters is 1. The van der Waals surface area contributed by atoms with Gasteiger partial charge in [-0.25, -0.2) is 4.79 Å². The minimum atomic E-state index is -0.743. The van der Waals surface area contributed by atoms with Crippen LogP contribution in [-0.4, -0.2) is 53.3 Å². The lowest BCUT2D eigenvalue weighted by molar-refractivity contribution is -0.147. The number of thioether (sulfide) groups is 1. The van der Waals surface area contributed by atoms with Crippen LogP contribution in [0.4, 0.5) is 4.79 Å². The predicted octanol–water partition coefficient (Wildman–Crippen LogP) is 3.57. The fourth-order valence-corrected chi connectivity index (χ4v) is 3.56. The summed E-state index contributed by atoms with van der Waals surface area (Å²) in [6.45, 7) is 11.7. The van der Waals surface area contributed by atoms with Crippen LogP contribution in [0.15, 0.2) is 36.5 Å². The molecule has 0 bridgehead atoms. The average molecular weight is 353 g/mol. The van der Waals surface area contributed by atoms with Gasteiger partial charge >= 0.3 is 12.1 Å². The average Bonchev–Trinajstić information content (AvgIpc) is 2.43. The highest BCUT2D eigenvalue weighted by Gasteiger charge is 2.53. The van der Waals surface area contributed by atoms with Crippen LogP contribution in [0.2, 0.25) is 0 Å². The maximum Gasteiger partial charge on any atom is 0.410 e. The Kier molecular flexibility index (Phi) is 7.14. The number of carbonyl (C=O) groups excluding carboxylic acids is 2. The standard InChI is InChI=1S/C18H27NO4S/c1-7-9-14(10-8-2)11-24-18(15(20)22-6)12-19(13-18)16(21)23-17(3,4)5/h7-10H,1,11-13H2,2-6H3/b10-8-,14-9+. The minimum Gasteiger partial charge on any atom is -0.468 e. The number of likely N-dealkylation sites (tertiary alicyclic amines) is 1. The quantitative estimate of drug-likeness (QED) is 0.540. The van der Waals surface area contributed by atoms with Gasteiger partial charge in [0.2, 0.25) is 0 Å². The summed E-state index contributed by atoms with van der Waals surface area (Å²) >= 11 is 1.48. The van der Waals surface area contributed by atoms with Crippen LogP contribution in [-0.2, 0) is 14.3 Å². The van der Waals surface area contributed by atoms with Crippen LogP contribution in [0.1, 0.15) is 27.7 Å². The van der Waals surface area contributed by atoms with Crippen molar-refractivity contribution in [3.63, 3.8) is 0 Å². The molecule has 1 aliphatic rings. The summed E-state index contributed by atoms with van der Waals surface area (Å²) in [5.41, 5.74) is 0.496. The number of hydrogen-bond donors (Lipinski definition) is 0. The molecule has 0 aromatic carbocycles. The molecule has 0 aliphatic carbocycles. The molecule has 134 valence electrons. The van der Waals surface area contributed by atoms with Crippen LogP contribution in [0.3, 0.4) is 0 Å². The van der Waals surface area contributed by atoms with E-state index >= 15 is 0 Å². The number of nitrogens with zero attached hydrogens (tertiary/aromatic N) is 1. The van der Waals surface area contributed by atoms with E-state index in [4.69, 9.17) is 9.47 Å². The highest BCUT2D eigenvalue weighted by Crippen LogP contribution is 2.38. The third-order valence-electron chi connectivity index (χ3n) is 3.33. The Morgan fingerprint density at radius 2 is 1.96 bits per heavy atom. The molecule has 0 atom stereocenters. The molecule has 0 unspecified atom stereocenters. The van der Waals surface area contributed by atoms with Crippen molar-refractivity contribution < 1.29 is 19.1 Å². The van der Waals surface area contributed by atoms with Gasteiger partial charge in [-0.15, -0.1) is 11.8 Å². The molecule has 1 rings (SSSR count). The van der Waals surface area contributed by atoms with E-state index in [0.29, 0.717) is 5.75 Å². The van der Waals surface area contributed by atoms with Gasteiger partial charge in [0.1, 0.15) is 10.3 Å². The van der Waals surface area contributed by atoms with Gasteiger partial charge in [0.05, 0.1) is 20.2 Å². The van der Waals surface area contributed by atoms with E-state index in [0.717, 1.165) is 5.57 Å². The topological polar surface area (TPSA) is 55.8 Å². The van der Waals surface area contributed by atoms with E-state index < -0.39 is 16.4 Å². The van der Waals surface area contributed by atoms with Crippen LogP contribution < -0.4 is 0 Å². The molecule has 0 radical (unpaired) electrons. The Balaban J connectivity index is 2.75. The zero-order valence-corrected chi connectivity index (χ0v) is 15.9. The second-order valence-corrected chi connectivity index (χ2v) is 7.95. The van der Waals surface area contributed by atoms with E-state index in [1.54, 1.807) is 6.08 Å². The zero-order valence-electron chi connectivity index (χ0n) is 15.1. The first-order valence-electron chi connectivity index (χ1n) is 7.82. The molecular weight excluding hydrogens is 326 g/mol. The number of methoxy groups -OCH3 is 1. The van der Waals surface area contributed by atoms with Gasteiger partial charge in [0, 0.05) is 5.75 Å². The van der Waals surface area contributed by atoms with Gasteiger partial charge in [0.25, 0.3) is 0 Å². The SMILES string of the molecule is C=C/C=C(\C=C/C)CSC1(C(=O)OC)CN(C(=O)OC(C)(C)C)C1. The summed E-state index contributed by atoms with van der Waals surface area (Å²) in [5.74, 6) is 0.318. The van der Waals surface area contributed by atoms with E-state index in [-0.39, 0.29) is 19.1 Å². The number of carbonyl (C=O) groups is 2. The van der Waals surface area contributed by atoms with Crippen molar-refractivity contribution in [1.82, 2.24) is 4.90 Å². The molecule has 24 heavy (non-hydrogen) atoms. The zero-order chi connectivity index (χ0) is 18.4. The lowest BCUT2D eigenvalue weighted by Crippen LogP contribution is -2.66. The summed E-state index contributed by atoms with van der Waals surface area (Å²) in [6.07, 6.45) is 7.13. The van der Waals surface area contributed by atoms with Gasteiger partial charge in [-0.3, -0.25) is 4.79 Å². The highest BCUT2D eigenvalue weighted by atomic mass is 32.2. The molecule has 0 aromatic heterocycles. The molecule has 5 nitrogen and oxygen atoms in total. The first-order chi connectivity index (χ1) is 11.2. The second kappa shape index (κ2) is 8.42. The molecule has 0 saturated carbocycles. The van der Waals surface area contributed by atoms with Crippen molar-refractivity contribution >= 4 is 23.8 Å². The Labute approximate surface area is 148 Å². The molecule has 1 heterocycles. The molecule has 0 N–H and O–H groups in total.